The Balaban J connectivity index is 2.28. The Kier molecular flexibility index (Phi) is 5.99. The minimum absolute atomic E-state index is 0.0643. The number of aryl methyl sites for hydroxylation is 1. The van der Waals surface area contributed by atoms with Crippen LogP contribution in [0.2, 0.25) is 0 Å². The molecule has 0 N–H and O–H groups in total. The normalized spacial score (nSPS) is 20.8. The Bertz CT molecular complexity index is 600. The molecule has 2 amide bonds. The highest BCUT2D eigenvalue weighted by molar-refractivity contribution is 5.90. The average molecular weight is 331 g/mol. The second kappa shape index (κ2) is 7.79. The van der Waals surface area contributed by atoms with E-state index in [0.29, 0.717) is 19.5 Å². The van der Waals surface area contributed by atoms with Crippen LogP contribution >= 0.6 is 0 Å². The zero-order chi connectivity index (χ0) is 17.9. The van der Waals surface area contributed by atoms with Gasteiger partial charge in [0.15, 0.2) is 0 Å². The molecule has 0 unspecified atom stereocenters. The van der Waals surface area contributed by atoms with E-state index >= 15 is 0 Å². The summed E-state index contributed by atoms with van der Waals surface area (Å²) in [6.45, 7) is 6.14. The molecule has 1 aromatic carbocycles. The molecule has 1 saturated heterocycles. The standard InChI is InChI=1S/C19H29N3O2/c1-6-22-17(23)13-16(19(24)21(5)12-11-20(3)4)18(22)15-10-8-7-9-14(15)2/h7-10,16,18H,6,11-13H2,1-5H3/t16-,18+/m1/s1. The van der Waals surface area contributed by atoms with Gasteiger partial charge in [-0.25, -0.2) is 0 Å². The smallest absolute Gasteiger partial charge is 0.228 e. The van der Waals surface area contributed by atoms with Crippen molar-refractivity contribution in [3.8, 4) is 0 Å². The van der Waals surface area contributed by atoms with Crippen LogP contribution in [0.1, 0.15) is 30.5 Å². The Morgan fingerprint density at radius 3 is 2.46 bits per heavy atom. The molecule has 1 aliphatic rings. The molecule has 0 bridgehead atoms. The van der Waals surface area contributed by atoms with E-state index in [0.717, 1.165) is 17.7 Å². The predicted molar refractivity (Wildman–Crippen MR) is 95.6 cm³/mol. The van der Waals surface area contributed by atoms with Crippen molar-refractivity contribution < 1.29 is 9.59 Å². The molecule has 2 rings (SSSR count). The third-order valence-corrected chi connectivity index (χ3v) is 4.86. The molecule has 0 aromatic heterocycles. The predicted octanol–water partition coefficient (Wildman–Crippen LogP) is 1.92. The zero-order valence-electron chi connectivity index (χ0n) is 15.5. The van der Waals surface area contributed by atoms with Gasteiger partial charge in [-0.2, -0.15) is 0 Å². The van der Waals surface area contributed by atoms with Gasteiger partial charge in [0.25, 0.3) is 0 Å². The number of likely N-dealkylation sites (N-methyl/N-ethyl adjacent to an activating group) is 2. The molecule has 1 fully saturated rings. The van der Waals surface area contributed by atoms with Gasteiger partial charge in [0.2, 0.25) is 11.8 Å². The summed E-state index contributed by atoms with van der Waals surface area (Å²) in [5, 5.41) is 0. The van der Waals surface area contributed by atoms with Crippen molar-refractivity contribution in [2.24, 2.45) is 5.92 Å². The van der Waals surface area contributed by atoms with E-state index in [9.17, 15) is 9.59 Å². The first kappa shape index (κ1) is 18.5. The van der Waals surface area contributed by atoms with Gasteiger partial charge in [0, 0.05) is 33.1 Å². The third kappa shape index (κ3) is 3.78. The second-order valence-electron chi connectivity index (χ2n) is 6.85. The van der Waals surface area contributed by atoms with E-state index in [1.165, 1.54) is 0 Å². The van der Waals surface area contributed by atoms with Gasteiger partial charge in [-0.15, -0.1) is 0 Å². The van der Waals surface area contributed by atoms with Crippen LogP contribution < -0.4 is 0 Å². The van der Waals surface area contributed by atoms with Crippen LogP contribution in [0.15, 0.2) is 24.3 Å². The fourth-order valence-corrected chi connectivity index (χ4v) is 3.43. The fourth-order valence-electron chi connectivity index (χ4n) is 3.43. The van der Waals surface area contributed by atoms with Crippen LogP contribution in [-0.4, -0.2) is 67.3 Å². The lowest BCUT2D eigenvalue weighted by atomic mass is 9.90. The summed E-state index contributed by atoms with van der Waals surface area (Å²) in [6.07, 6.45) is 0.304. The number of rotatable bonds is 6. The molecule has 5 nitrogen and oxygen atoms in total. The molecule has 0 spiro atoms. The van der Waals surface area contributed by atoms with Crippen LogP contribution in [-0.2, 0) is 9.59 Å². The summed E-state index contributed by atoms with van der Waals surface area (Å²) in [7, 11) is 5.82. The SMILES string of the molecule is CCN1C(=O)C[C@@H](C(=O)N(C)CCN(C)C)[C@@H]1c1ccccc1C. The van der Waals surface area contributed by atoms with Gasteiger partial charge in [-0.1, -0.05) is 24.3 Å². The highest BCUT2D eigenvalue weighted by Crippen LogP contribution is 2.40. The van der Waals surface area contributed by atoms with Gasteiger partial charge >= 0.3 is 0 Å². The number of amides is 2. The first-order valence-electron chi connectivity index (χ1n) is 8.61. The van der Waals surface area contributed by atoms with E-state index in [4.69, 9.17) is 0 Å². The van der Waals surface area contributed by atoms with Gasteiger partial charge in [-0.3, -0.25) is 9.59 Å². The van der Waals surface area contributed by atoms with Crippen LogP contribution in [0.3, 0.4) is 0 Å². The van der Waals surface area contributed by atoms with E-state index in [1.807, 2.05) is 64.2 Å². The maximum absolute atomic E-state index is 13.0. The van der Waals surface area contributed by atoms with Crippen molar-refractivity contribution in [2.45, 2.75) is 26.3 Å². The Morgan fingerprint density at radius 2 is 1.88 bits per heavy atom. The maximum atomic E-state index is 13.0. The Hall–Kier alpha value is -1.88. The first-order valence-corrected chi connectivity index (χ1v) is 8.61. The molecule has 5 heteroatoms. The summed E-state index contributed by atoms with van der Waals surface area (Å²) >= 11 is 0. The summed E-state index contributed by atoms with van der Waals surface area (Å²) in [5.41, 5.74) is 2.22. The lowest BCUT2D eigenvalue weighted by Gasteiger charge is -2.30. The van der Waals surface area contributed by atoms with E-state index in [1.54, 1.807) is 4.90 Å². The number of likely N-dealkylation sites (tertiary alicyclic amines) is 1. The van der Waals surface area contributed by atoms with E-state index < -0.39 is 0 Å². The molecule has 1 heterocycles. The summed E-state index contributed by atoms with van der Waals surface area (Å²) < 4.78 is 0. The zero-order valence-corrected chi connectivity index (χ0v) is 15.5. The second-order valence-corrected chi connectivity index (χ2v) is 6.85. The van der Waals surface area contributed by atoms with Crippen molar-refractivity contribution in [2.75, 3.05) is 40.8 Å². The third-order valence-electron chi connectivity index (χ3n) is 4.86. The van der Waals surface area contributed by atoms with Crippen LogP contribution in [0.5, 0.6) is 0 Å². The number of carbonyl (C=O) groups excluding carboxylic acids is 2. The monoisotopic (exact) mass is 331 g/mol. The largest absolute Gasteiger partial charge is 0.344 e. The van der Waals surface area contributed by atoms with Crippen molar-refractivity contribution in [1.82, 2.24) is 14.7 Å². The number of benzene rings is 1. The Labute approximate surface area is 145 Å². The first-order chi connectivity index (χ1) is 11.4. The van der Waals surface area contributed by atoms with Crippen molar-refractivity contribution >= 4 is 11.8 Å². The van der Waals surface area contributed by atoms with Crippen LogP contribution in [0.25, 0.3) is 0 Å². The van der Waals surface area contributed by atoms with Crippen LogP contribution in [0.4, 0.5) is 0 Å². The van der Waals surface area contributed by atoms with Gasteiger partial charge < -0.3 is 14.7 Å². The minimum Gasteiger partial charge on any atom is -0.344 e. The molecule has 0 saturated carbocycles. The average Bonchev–Trinajstić information content (AvgIpc) is 2.88. The molecule has 1 aliphatic heterocycles. The lowest BCUT2D eigenvalue weighted by Crippen LogP contribution is -2.39. The number of hydrogen-bond donors (Lipinski definition) is 0. The van der Waals surface area contributed by atoms with Crippen molar-refractivity contribution in [1.29, 1.82) is 0 Å². The minimum atomic E-state index is -0.300. The molecule has 2 atom stereocenters. The number of hydrogen-bond acceptors (Lipinski definition) is 3. The molecule has 0 radical (unpaired) electrons. The lowest BCUT2D eigenvalue weighted by molar-refractivity contribution is -0.135. The molecular weight excluding hydrogens is 302 g/mol. The summed E-state index contributed by atoms with van der Waals surface area (Å²) in [6, 6.07) is 7.91. The highest BCUT2D eigenvalue weighted by atomic mass is 16.2. The molecule has 1 aromatic rings. The quantitative estimate of drug-likeness (QED) is 0.800. The van der Waals surface area contributed by atoms with E-state index in [-0.39, 0.29) is 23.8 Å². The van der Waals surface area contributed by atoms with Crippen molar-refractivity contribution in [3.05, 3.63) is 35.4 Å². The van der Waals surface area contributed by atoms with Gasteiger partial charge in [-0.05, 0) is 39.1 Å². The summed E-state index contributed by atoms with van der Waals surface area (Å²) in [4.78, 5) is 31.1. The van der Waals surface area contributed by atoms with Crippen LogP contribution in [0, 0.1) is 12.8 Å². The fraction of sp³-hybridized carbons (Fsp3) is 0.579. The molecular formula is C19H29N3O2. The van der Waals surface area contributed by atoms with E-state index in [2.05, 4.69) is 4.90 Å². The highest BCUT2D eigenvalue weighted by Gasteiger charge is 2.45. The van der Waals surface area contributed by atoms with Gasteiger partial charge in [0.1, 0.15) is 0 Å². The van der Waals surface area contributed by atoms with Crippen molar-refractivity contribution in [3.63, 3.8) is 0 Å². The van der Waals surface area contributed by atoms with Gasteiger partial charge in [0.05, 0.1) is 12.0 Å². The Morgan fingerprint density at radius 1 is 1.21 bits per heavy atom. The maximum Gasteiger partial charge on any atom is 0.228 e. The number of carbonyl (C=O) groups is 2. The summed E-state index contributed by atoms with van der Waals surface area (Å²) in [5.74, 6) is -0.162. The molecule has 24 heavy (non-hydrogen) atoms. The number of nitrogens with zero attached hydrogens (tertiary/aromatic N) is 3. The topological polar surface area (TPSA) is 43.9 Å². The molecule has 132 valence electrons. The molecule has 0 aliphatic carbocycles.